The zero-order chi connectivity index (χ0) is 13.9. The molecule has 1 aliphatic heterocycles. The van der Waals surface area contributed by atoms with E-state index in [1.54, 1.807) is 11.8 Å². The number of aromatic nitrogens is 1. The Morgan fingerprint density at radius 3 is 2.79 bits per heavy atom. The molecule has 0 radical (unpaired) electrons. The standard InChI is InChI=1S/C12H12F3N3S/c13-12(14,15)10-4-3-8(6-16)11(18-10)17-9-2-1-5-19-7-9/h3-4,9H,1-2,5,7H2,(H,17,18). The van der Waals surface area contributed by atoms with Crippen molar-refractivity contribution in [1.82, 2.24) is 4.98 Å². The molecule has 1 saturated heterocycles. The van der Waals surface area contributed by atoms with E-state index in [1.165, 1.54) is 0 Å². The van der Waals surface area contributed by atoms with Crippen LogP contribution in [0.5, 0.6) is 0 Å². The lowest BCUT2D eigenvalue weighted by Crippen LogP contribution is -2.27. The van der Waals surface area contributed by atoms with Gasteiger partial charge in [0, 0.05) is 11.8 Å². The van der Waals surface area contributed by atoms with Gasteiger partial charge in [0.1, 0.15) is 17.6 Å². The van der Waals surface area contributed by atoms with Gasteiger partial charge in [-0.05, 0) is 30.7 Å². The largest absolute Gasteiger partial charge is 0.433 e. The zero-order valence-electron chi connectivity index (χ0n) is 10.00. The summed E-state index contributed by atoms with van der Waals surface area (Å²) in [6.45, 7) is 0. The molecule has 2 heterocycles. The van der Waals surface area contributed by atoms with Crippen LogP contribution in [0.4, 0.5) is 19.0 Å². The average Bonchev–Trinajstić information content (AvgIpc) is 2.39. The van der Waals surface area contributed by atoms with Gasteiger partial charge in [-0.3, -0.25) is 0 Å². The van der Waals surface area contributed by atoms with Crippen molar-refractivity contribution < 1.29 is 13.2 Å². The summed E-state index contributed by atoms with van der Waals surface area (Å²) in [5.41, 5.74) is -0.832. The summed E-state index contributed by atoms with van der Waals surface area (Å²) in [7, 11) is 0. The molecule has 1 atom stereocenters. The highest BCUT2D eigenvalue weighted by Gasteiger charge is 2.33. The Kier molecular flexibility index (Phi) is 4.20. The Balaban J connectivity index is 2.23. The van der Waals surface area contributed by atoms with E-state index in [0.717, 1.165) is 36.5 Å². The number of nitrogens with zero attached hydrogens (tertiary/aromatic N) is 2. The maximum absolute atomic E-state index is 12.6. The second kappa shape index (κ2) is 5.70. The fraction of sp³-hybridized carbons (Fsp3) is 0.500. The number of hydrogen-bond donors (Lipinski definition) is 1. The number of thioether (sulfide) groups is 1. The quantitative estimate of drug-likeness (QED) is 0.907. The van der Waals surface area contributed by atoms with Crippen LogP contribution in [0.3, 0.4) is 0 Å². The predicted octanol–water partition coefficient (Wildman–Crippen LogP) is 3.28. The Morgan fingerprint density at radius 2 is 2.21 bits per heavy atom. The molecular formula is C12H12F3N3S. The van der Waals surface area contributed by atoms with Gasteiger partial charge < -0.3 is 5.32 Å². The molecule has 102 valence electrons. The predicted molar refractivity (Wildman–Crippen MR) is 67.9 cm³/mol. The number of nitrogens with one attached hydrogen (secondary N) is 1. The summed E-state index contributed by atoms with van der Waals surface area (Å²) in [4.78, 5) is 3.54. The summed E-state index contributed by atoms with van der Waals surface area (Å²) >= 11 is 1.75. The van der Waals surface area contributed by atoms with E-state index in [1.807, 2.05) is 6.07 Å². The van der Waals surface area contributed by atoms with E-state index in [-0.39, 0.29) is 17.4 Å². The highest BCUT2D eigenvalue weighted by atomic mass is 32.2. The van der Waals surface area contributed by atoms with E-state index in [9.17, 15) is 13.2 Å². The molecule has 2 rings (SSSR count). The molecule has 1 aromatic heterocycles. The van der Waals surface area contributed by atoms with Gasteiger partial charge in [0.25, 0.3) is 0 Å². The first-order valence-electron chi connectivity index (χ1n) is 5.83. The molecule has 0 saturated carbocycles. The molecular weight excluding hydrogens is 275 g/mol. The lowest BCUT2D eigenvalue weighted by Gasteiger charge is -2.23. The lowest BCUT2D eigenvalue weighted by molar-refractivity contribution is -0.141. The zero-order valence-corrected chi connectivity index (χ0v) is 10.8. The molecule has 0 spiro atoms. The molecule has 7 heteroatoms. The minimum absolute atomic E-state index is 0.0322. The Hall–Kier alpha value is -1.42. The number of halogens is 3. The molecule has 19 heavy (non-hydrogen) atoms. The third kappa shape index (κ3) is 3.53. The third-order valence-corrected chi connectivity index (χ3v) is 4.02. The lowest BCUT2D eigenvalue weighted by atomic mass is 10.1. The summed E-state index contributed by atoms with van der Waals surface area (Å²) in [5, 5.41) is 11.9. The molecule has 0 aliphatic carbocycles. The van der Waals surface area contributed by atoms with Gasteiger partial charge >= 0.3 is 6.18 Å². The van der Waals surface area contributed by atoms with Crippen LogP contribution in [-0.2, 0) is 6.18 Å². The monoisotopic (exact) mass is 287 g/mol. The normalized spacial score (nSPS) is 19.8. The molecule has 0 bridgehead atoms. The van der Waals surface area contributed by atoms with Crippen molar-refractivity contribution in [2.24, 2.45) is 0 Å². The van der Waals surface area contributed by atoms with Crippen LogP contribution in [0.1, 0.15) is 24.1 Å². The smallest absolute Gasteiger partial charge is 0.365 e. The van der Waals surface area contributed by atoms with E-state index in [4.69, 9.17) is 5.26 Å². The van der Waals surface area contributed by atoms with Crippen molar-refractivity contribution in [2.45, 2.75) is 25.1 Å². The van der Waals surface area contributed by atoms with Crippen LogP contribution in [0.25, 0.3) is 0 Å². The van der Waals surface area contributed by atoms with Crippen molar-refractivity contribution in [3.8, 4) is 6.07 Å². The molecule has 1 unspecified atom stereocenters. The Labute approximate surface area is 113 Å². The number of rotatable bonds is 2. The van der Waals surface area contributed by atoms with Crippen molar-refractivity contribution in [2.75, 3.05) is 16.8 Å². The maximum Gasteiger partial charge on any atom is 0.433 e. The van der Waals surface area contributed by atoms with Gasteiger partial charge in [-0.25, -0.2) is 4.98 Å². The van der Waals surface area contributed by atoms with Gasteiger partial charge in [0.2, 0.25) is 0 Å². The van der Waals surface area contributed by atoms with Gasteiger partial charge in [-0.2, -0.15) is 30.2 Å². The number of nitriles is 1. The van der Waals surface area contributed by atoms with Gasteiger partial charge in [-0.15, -0.1) is 0 Å². The molecule has 0 aromatic carbocycles. The fourth-order valence-electron chi connectivity index (χ4n) is 1.87. The molecule has 1 aromatic rings. The average molecular weight is 287 g/mol. The summed E-state index contributed by atoms with van der Waals surface area (Å²) in [6.07, 6.45) is -2.59. The number of pyridine rings is 1. The van der Waals surface area contributed by atoms with Crippen LogP contribution in [0.2, 0.25) is 0 Å². The second-order valence-electron chi connectivity index (χ2n) is 4.26. The molecule has 1 fully saturated rings. The maximum atomic E-state index is 12.6. The fourth-order valence-corrected chi connectivity index (χ4v) is 2.94. The van der Waals surface area contributed by atoms with Crippen molar-refractivity contribution in [3.05, 3.63) is 23.4 Å². The third-order valence-electron chi connectivity index (χ3n) is 2.81. The minimum Gasteiger partial charge on any atom is -0.365 e. The highest BCUT2D eigenvalue weighted by molar-refractivity contribution is 7.99. The van der Waals surface area contributed by atoms with Gasteiger partial charge in [-0.1, -0.05) is 0 Å². The van der Waals surface area contributed by atoms with Crippen LogP contribution in [0, 0.1) is 11.3 Å². The second-order valence-corrected chi connectivity index (χ2v) is 5.41. The topological polar surface area (TPSA) is 48.7 Å². The van der Waals surface area contributed by atoms with E-state index >= 15 is 0 Å². The van der Waals surface area contributed by atoms with Gasteiger partial charge in [0.05, 0.1) is 5.56 Å². The van der Waals surface area contributed by atoms with E-state index in [2.05, 4.69) is 10.3 Å². The molecule has 1 aliphatic rings. The summed E-state index contributed by atoms with van der Waals surface area (Å²) in [6, 6.07) is 3.93. The van der Waals surface area contributed by atoms with Crippen molar-refractivity contribution in [3.63, 3.8) is 0 Å². The molecule has 0 amide bonds. The van der Waals surface area contributed by atoms with Crippen LogP contribution >= 0.6 is 11.8 Å². The summed E-state index contributed by atoms with van der Waals surface area (Å²) in [5.74, 6) is 1.92. The van der Waals surface area contributed by atoms with Crippen LogP contribution in [-0.4, -0.2) is 22.5 Å². The number of hydrogen-bond acceptors (Lipinski definition) is 4. The van der Waals surface area contributed by atoms with Crippen LogP contribution < -0.4 is 5.32 Å². The highest BCUT2D eigenvalue weighted by Crippen LogP contribution is 2.30. The number of anilines is 1. The first kappa shape index (κ1) is 14.0. The minimum atomic E-state index is -4.49. The first-order valence-corrected chi connectivity index (χ1v) is 6.99. The van der Waals surface area contributed by atoms with Crippen LogP contribution in [0.15, 0.2) is 12.1 Å². The van der Waals surface area contributed by atoms with Gasteiger partial charge in [0.15, 0.2) is 0 Å². The number of alkyl halides is 3. The molecule has 1 N–H and O–H groups in total. The SMILES string of the molecule is N#Cc1ccc(C(F)(F)F)nc1NC1CCCSC1. The van der Waals surface area contributed by atoms with E-state index in [0.29, 0.717) is 0 Å². The first-order chi connectivity index (χ1) is 9.00. The molecule has 3 nitrogen and oxygen atoms in total. The Morgan fingerprint density at radius 1 is 1.42 bits per heavy atom. The van der Waals surface area contributed by atoms with Crippen molar-refractivity contribution in [1.29, 1.82) is 5.26 Å². The summed E-state index contributed by atoms with van der Waals surface area (Å²) < 4.78 is 37.8. The van der Waals surface area contributed by atoms with Crippen molar-refractivity contribution >= 4 is 17.6 Å². The Bertz CT molecular complexity index is 490. The van der Waals surface area contributed by atoms with E-state index < -0.39 is 11.9 Å².